The summed E-state index contributed by atoms with van der Waals surface area (Å²) in [7, 11) is -2.16. The molecule has 1 saturated heterocycles. The van der Waals surface area contributed by atoms with Gasteiger partial charge in [-0.05, 0) is 76.0 Å². The number of hydrogen-bond donors (Lipinski definition) is 4. The average Bonchev–Trinajstić information content (AvgIpc) is 3.20. The number of amides is 1. The van der Waals surface area contributed by atoms with Crippen LogP contribution in [0.15, 0.2) is 71.8 Å². The second-order valence-electron chi connectivity index (χ2n) is 21.0. The van der Waals surface area contributed by atoms with Crippen molar-refractivity contribution in [1.82, 2.24) is 5.32 Å². The number of alkyl carbamates (subject to hydrolysis) is 1. The van der Waals surface area contributed by atoms with Gasteiger partial charge in [0.15, 0.2) is 17.5 Å². The number of aliphatic hydroxyl groups is 3. The largest absolute Gasteiger partial charge is 0.456 e. The number of benzene rings is 2. The number of rotatable bonds is 10. The summed E-state index contributed by atoms with van der Waals surface area (Å²) in [4.78, 5) is 71.4. The minimum absolute atomic E-state index is 0.0141. The van der Waals surface area contributed by atoms with E-state index < -0.39 is 127 Å². The lowest BCUT2D eigenvalue weighted by molar-refractivity contribution is -0.346. The number of nitrogens with one attached hydrogen (secondary N) is 1. The van der Waals surface area contributed by atoms with Crippen LogP contribution in [0, 0.1) is 16.7 Å². The summed E-state index contributed by atoms with van der Waals surface area (Å²) >= 11 is 0. The number of Topliss-reactive ketones (excluding diaryl/α,β-unsaturated/α-hetero) is 1. The summed E-state index contributed by atoms with van der Waals surface area (Å²) in [5.41, 5.74) is -7.79. The van der Waals surface area contributed by atoms with E-state index in [1.165, 1.54) is 26.0 Å². The average molecular weight is 926 g/mol. The lowest BCUT2D eigenvalue weighted by Gasteiger charge is -2.67. The molecule has 16 heteroatoms. The van der Waals surface area contributed by atoms with Crippen molar-refractivity contribution in [3.8, 4) is 0 Å². The number of ketones is 1. The van der Waals surface area contributed by atoms with E-state index in [2.05, 4.69) is 5.32 Å². The molecule has 2 bridgehead atoms. The topological polar surface area (TPSA) is 213 Å². The van der Waals surface area contributed by atoms with Crippen LogP contribution < -0.4 is 5.32 Å². The van der Waals surface area contributed by atoms with Gasteiger partial charge in [0.05, 0.1) is 35.6 Å². The molecule has 0 spiro atoms. The standard InChI is InChI=1S/C49H67NO14S/c1-27-31(60-42(56)37(64-65(12,13)45(6,7)8)35(29-20-16-14-17-21-29)50-43(57)63-44(3,4)5)25-49(58)40(61-41(55)30-22-18-15-19-23-30)38-47(11,39(54)36(53)34(27)46(49,9)10)32(52)24-33-48(38,26-59-33)62-28(2)51/h14-23,31-33,35-38,40,52-53,58H,24-26H2,1-13H3,(H,50,57)/t31-,32?,33?,35-,36?,37+,38?,40?,47+,48-,49?/m0/s1. The summed E-state index contributed by atoms with van der Waals surface area (Å²) in [5, 5.41) is 41.1. The number of fused-ring (bicyclic) bond motifs is 5. The molecule has 11 atom stereocenters. The lowest BCUT2D eigenvalue weighted by Crippen LogP contribution is -2.81. The van der Waals surface area contributed by atoms with Crippen LogP contribution in [0.4, 0.5) is 4.79 Å². The van der Waals surface area contributed by atoms with Gasteiger partial charge in [0.1, 0.15) is 35.6 Å². The third-order valence-corrected chi connectivity index (χ3v) is 18.0. The van der Waals surface area contributed by atoms with E-state index in [-0.39, 0.29) is 29.7 Å². The molecule has 3 aliphatic carbocycles. The second kappa shape index (κ2) is 17.4. The van der Waals surface area contributed by atoms with Gasteiger partial charge in [0, 0.05) is 29.9 Å². The van der Waals surface area contributed by atoms with Gasteiger partial charge in [-0.3, -0.25) is 9.59 Å². The Morgan fingerprint density at radius 3 is 2.02 bits per heavy atom. The molecule has 1 heterocycles. The van der Waals surface area contributed by atoms with Crippen LogP contribution >= 0.6 is 10.3 Å². The van der Waals surface area contributed by atoms with Gasteiger partial charge >= 0.3 is 24.0 Å². The summed E-state index contributed by atoms with van der Waals surface area (Å²) < 4.78 is 36.9. The third kappa shape index (κ3) is 8.86. The van der Waals surface area contributed by atoms with E-state index in [1.54, 1.807) is 90.1 Å². The summed E-state index contributed by atoms with van der Waals surface area (Å²) in [6.45, 7) is 18.1. The Morgan fingerprint density at radius 2 is 1.49 bits per heavy atom. The van der Waals surface area contributed by atoms with Crippen LogP contribution in [-0.2, 0) is 42.3 Å². The Bertz CT molecular complexity index is 2200. The van der Waals surface area contributed by atoms with Gasteiger partial charge in [0.25, 0.3) is 0 Å². The molecule has 1 amide bonds. The first-order valence-corrected chi connectivity index (χ1v) is 24.4. The molecule has 2 aromatic carbocycles. The maximum Gasteiger partial charge on any atom is 0.408 e. The van der Waals surface area contributed by atoms with Crippen molar-refractivity contribution < 1.29 is 67.2 Å². The zero-order chi connectivity index (χ0) is 48.5. The van der Waals surface area contributed by atoms with Gasteiger partial charge in [-0.15, -0.1) is 10.3 Å². The fourth-order valence-corrected chi connectivity index (χ4v) is 11.0. The van der Waals surface area contributed by atoms with Crippen LogP contribution in [0.2, 0.25) is 0 Å². The SMILES string of the molecule is CC(=O)O[C@@]12COC1CC(O)[C@@]1(C)C(=O)C(O)C3=C(C)[C@@H](OC(=O)[C@H](OS(C)(C)C(C)(C)C)[C@@H](NC(=O)OC(C)(C)C)c4ccccc4)CC(O)(C(OC(=O)c4ccccc4)C21)C3(C)C. The van der Waals surface area contributed by atoms with E-state index in [1.807, 2.05) is 33.3 Å². The van der Waals surface area contributed by atoms with Gasteiger partial charge in [0.2, 0.25) is 0 Å². The van der Waals surface area contributed by atoms with Crippen molar-refractivity contribution in [3.63, 3.8) is 0 Å². The smallest absolute Gasteiger partial charge is 0.408 e. The Morgan fingerprint density at radius 1 is 0.908 bits per heavy atom. The maximum absolute atomic E-state index is 15.2. The molecule has 65 heavy (non-hydrogen) atoms. The number of ether oxygens (including phenoxy) is 5. The van der Waals surface area contributed by atoms with Crippen molar-refractivity contribution in [1.29, 1.82) is 0 Å². The number of carbonyl (C=O) groups is 5. The molecule has 4 aliphatic rings. The monoisotopic (exact) mass is 925 g/mol. The quantitative estimate of drug-likeness (QED) is 0.121. The van der Waals surface area contributed by atoms with Crippen molar-refractivity contribution in [2.24, 2.45) is 16.7 Å². The Kier molecular flexibility index (Phi) is 13.4. The van der Waals surface area contributed by atoms with Gasteiger partial charge < -0.3 is 48.5 Å². The van der Waals surface area contributed by atoms with Crippen LogP contribution in [0.1, 0.15) is 111 Å². The van der Waals surface area contributed by atoms with E-state index in [4.69, 9.17) is 27.9 Å². The summed E-state index contributed by atoms with van der Waals surface area (Å²) in [6.07, 6.45) is -6.93. The first-order chi connectivity index (χ1) is 29.9. The normalized spacial score (nSPS) is 32.2. The highest BCUT2D eigenvalue weighted by Crippen LogP contribution is 2.64. The summed E-state index contributed by atoms with van der Waals surface area (Å²) in [6, 6.07) is 15.5. The predicted octanol–water partition coefficient (Wildman–Crippen LogP) is 6.06. The van der Waals surface area contributed by atoms with Crippen LogP contribution in [-0.4, -0.2) is 122 Å². The first-order valence-electron chi connectivity index (χ1n) is 22.0. The lowest BCUT2D eigenvalue weighted by atomic mass is 9.44. The highest BCUT2D eigenvalue weighted by molar-refractivity contribution is 8.29. The molecule has 2 saturated carbocycles. The molecule has 6 rings (SSSR count). The zero-order valence-corrected chi connectivity index (χ0v) is 40.6. The van der Waals surface area contributed by atoms with Gasteiger partial charge in [-0.25, -0.2) is 14.4 Å². The fourth-order valence-electron chi connectivity index (χ4n) is 10.0. The maximum atomic E-state index is 15.2. The summed E-state index contributed by atoms with van der Waals surface area (Å²) in [5.74, 6) is -5.00. The molecule has 358 valence electrons. The molecule has 15 nitrogen and oxygen atoms in total. The number of aliphatic hydroxyl groups excluding tert-OH is 2. The van der Waals surface area contributed by atoms with E-state index in [0.717, 1.165) is 0 Å². The van der Waals surface area contributed by atoms with E-state index in [9.17, 15) is 29.7 Å². The highest BCUT2D eigenvalue weighted by Gasteiger charge is 2.78. The fraction of sp³-hybridized carbons (Fsp3) is 0.612. The minimum Gasteiger partial charge on any atom is -0.456 e. The number of esters is 3. The molecule has 6 unspecified atom stereocenters. The molecular weight excluding hydrogens is 859 g/mol. The molecule has 2 aromatic rings. The van der Waals surface area contributed by atoms with Crippen LogP contribution in [0.25, 0.3) is 0 Å². The van der Waals surface area contributed by atoms with Gasteiger partial charge in [-0.1, -0.05) is 83.1 Å². The first kappa shape index (κ1) is 50.1. The Balaban J connectivity index is 1.55. The molecule has 0 aromatic heterocycles. The van der Waals surface area contributed by atoms with Crippen molar-refractivity contribution in [2.45, 2.75) is 153 Å². The number of hydrogen-bond acceptors (Lipinski definition) is 14. The molecular formula is C49H67NO14S. The van der Waals surface area contributed by atoms with E-state index in [0.29, 0.717) is 5.56 Å². The Labute approximate surface area is 383 Å². The van der Waals surface area contributed by atoms with Crippen molar-refractivity contribution in [3.05, 3.63) is 82.9 Å². The van der Waals surface area contributed by atoms with Gasteiger partial charge in [-0.2, -0.15) is 0 Å². The molecule has 3 fully saturated rings. The van der Waals surface area contributed by atoms with Crippen LogP contribution in [0.5, 0.6) is 0 Å². The molecule has 4 N–H and O–H groups in total. The predicted molar refractivity (Wildman–Crippen MR) is 242 cm³/mol. The molecule has 0 radical (unpaired) electrons. The zero-order valence-electron chi connectivity index (χ0n) is 39.8. The Hall–Kier alpha value is -4.32. The van der Waals surface area contributed by atoms with Crippen molar-refractivity contribution in [2.75, 3.05) is 19.1 Å². The van der Waals surface area contributed by atoms with E-state index >= 15 is 9.59 Å². The minimum atomic E-state index is -2.34. The van der Waals surface area contributed by atoms with Crippen LogP contribution in [0.3, 0.4) is 0 Å². The highest BCUT2D eigenvalue weighted by atomic mass is 32.3. The van der Waals surface area contributed by atoms with Crippen molar-refractivity contribution >= 4 is 40.1 Å². The second-order valence-corrected chi connectivity index (χ2v) is 24.9. The number of carbonyl (C=O) groups excluding carboxylic acids is 5. The molecule has 1 aliphatic heterocycles. The third-order valence-electron chi connectivity index (χ3n) is 14.4.